The summed E-state index contributed by atoms with van der Waals surface area (Å²) in [5.74, 6) is -2.31. The van der Waals surface area contributed by atoms with E-state index in [9.17, 15) is 23.9 Å². The normalized spacial score (nSPS) is 12.6. The number of amides is 1. The standard InChI is InChI=1S/C26H25FN2O8/c1-3-35-26(33)18-12-29-25(32)22(23(18)31)17(10-21(30)28-11-14-4-6-16(27)7-5-14)15-8-19(34-2)24-20(9-15)36-13-37-24/h4-9,12,17H,3,10-11,13H2,1-2H3,(H,28,30)(H2,29,31,32)/t17-/m0/s1. The minimum absolute atomic E-state index is 0.0395. The lowest BCUT2D eigenvalue weighted by Gasteiger charge is -2.20. The second-order valence-electron chi connectivity index (χ2n) is 8.13. The maximum Gasteiger partial charge on any atom is 0.343 e. The third kappa shape index (κ3) is 5.50. The number of aromatic nitrogens is 1. The third-order valence-electron chi connectivity index (χ3n) is 5.82. The SMILES string of the molecule is CCOC(=O)c1c[nH]c(=O)c([C@@H](CC(=O)NCc2ccc(F)cc2)c2cc(OC)c3c(c2)OCO3)c1O. The largest absolute Gasteiger partial charge is 0.506 e. The van der Waals surface area contributed by atoms with Crippen LogP contribution < -0.4 is 25.1 Å². The van der Waals surface area contributed by atoms with E-state index in [0.717, 1.165) is 6.20 Å². The molecular formula is C26H25FN2O8. The van der Waals surface area contributed by atoms with Crippen molar-refractivity contribution in [2.45, 2.75) is 25.8 Å². The first kappa shape index (κ1) is 25.5. The molecule has 4 rings (SSSR count). The predicted molar refractivity (Wildman–Crippen MR) is 129 cm³/mol. The summed E-state index contributed by atoms with van der Waals surface area (Å²) in [6.45, 7) is 1.74. The van der Waals surface area contributed by atoms with Gasteiger partial charge in [-0.1, -0.05) is 12.1 Å². The third-order valence-corrected chi connectivity index (χ3v) is 5.82. The minimum atomic E-state index is -1.02. The summed E-state index contributed by atoms with van der Waals surface area (Å²) in [5, 5.41) is 13.7. The molecule has 0 saturated carbocycles. The van der Waals surface area contributed by atoms with Gasteiger partial charge in [-0.05, 0) is 42.3 Å². The van der Waals surface area contributed by atoms with Gasteiger partial charge in [0.1, 0.15) is 17.1 Å². The number of pyridine rings is 1. The Bertz CT molecular complexity index is 1370. The Morgan fingerprint density at radius 3 is 2.68 bits per heavy atom. The Labute approximate surface area is 210 Å². The molecule has 2 aromatic carbocycles. The van der Waals surface area contributed by atoms with Gasteiger partial charge >= 0.3 is 5.97 Å². The van der Waals surface area contributed by atoms with Crippen molar-refractivity contribution in [2.75, 3.05) is 20.5 Å². The summed E-state index contributed by atoms with van der Waals surface area (Å²) in [6.07, 6.45) is 0.776. The smallest absolute Gasteiger partial charge is 0.343 e. The van der Waals surface area contributed by atoms with E-state index in [2.05, 4.69) is 10.3 Å². The van der Waals surface area contributed by atoms with Crippen LogP contribution in [-0.4, -0.2) is 42.5 Å². The van der Waals surface area contributed by atoms with Gasteiger partial charge in [-0.25, -0.2) is 9.18 Å². The zero-order valence-electron chi connectivity index (χ0n) is 20.1. The molecule has 0 radical (unpaired) electrons. The predicted octanol–water partition coefficient (Wildman–Crippen LogP) is 2.97. The summed E-state index contributed by atoms with van der Waals surface area (Å²) in [6, 6.07) is 8.79. The van der Waals surface area contributed by atoms with Crippen molar-refractivity contribution in [3.63, 3.8) is 0 Å². The van der Waals surface area contributed by atoms with Gasteiger partial charge in [-0.3, -0.25) is 9.59 Å². The lowest BCUT2D eigenvalue weighted by Crippen LogP contribution is -2.27. The van der Waals surface area contributed by atoms with Crippen LogP contribution in [0.5, 0.6) is 23.0 Å². The molecule has 3 N–H and O–H groups in total. The number of halogens is 1. The summed E-state index contributed by atoms with van der Waals surface area (Å²) in [4.78, 5) is 40.8. The van der Waals surface area contributed by atoms with E-state index in [0.29, 0.717) is 28.4 Å². The molecule has 194 valence electrons. The molecule has 0 unspecified atom stereocenters. The van der Waals surface area contributed by atoms with E-state index in [1.807, 2.05) is 0 Å². The van der Waals surface area contributed by atoms with Crippen molar-refractivity contribution >= 4 is 11.9 Å². The number of aromatic amines is 1. The first-order valence-corrected chi connectivity index (χ1v) is 11.4. The first-order chi connectivity index (χ1) is 17.8. The average Bonchev–Trinajstić information content (AvgIpc) is 3.36. The van der Waals surface area contributed by atoms with Crippen molar-refractivity contribution in [1.82, 2.24) is 10.3 Å². The fourth-order valence-corrected chi connectivity index (χ4v) is 4.02. The van der Waals surface area contributed by atoms with Crippen LogP contribution in [0.2, 0.25) is 0 Å². The molecule has 2 heterocycles. The van der Waals surface area contributed by atoms with Crippen LogP contribution in [0.25, 0.3) is 0 Å². The summed E-state index contributed by atoms with van der Waals surface area (Å²) in [5.41, 5.74) is -0.0799. The second-order valence-corrected chi connectivity index (χ2v) is 8.13. The zero-order chi connectivity index (χ0) is 26.5. The first-order valence-electron chi connectivity index (χ1n) is 11.4. The monoisotopic (exact) mass is 512 g/mol. The number of nitrogens with one attached hydrogen (secondary N) is 2. The highest BCUT2D eigenvalue weighted by atomic mass is 19.1. The molecule has 1 aromatic heterocycles. The highest BCUT2D eigenvalue weighted by Gasteiger charge is 2.31. The number of H-pyrrole nitrogens is 1. The van der Waals surface area contributed by atoms with Gasteiger partial charge in [0.05, 0.1) is 19.3 Å². The van der Waals surface area contributed by atoms with Gasteiger partial charge in [0.15, 0.2) is 11.5 Å². The Morgan fingerprint density at radius 2 is 1.97 bits per heavy atom. The molecular weight excluding hydrogens is 487 g/mol. The summed E-state index contributed by atoms with van der Waals surface area (Å²) >= 11 is 0. The van der Waals surface area contributed by atoms with Crippen molar-refractivity contribution in [3.05, 3.63) is 81.0 Å². The van der Waals surface area contributed by atoms with Gasteiger partial charge in [-0.2, -0.15) is 0 Å². The number of fused-ring (bicyclic) bond motifs is 1. The lowest BCUT2D eigenvalue weighted by atomic mass is 9.87. The molecule has 1 amide bonds. The molecule has 0 spiro atoms. The Balaban J connectivity index is 1.74. The number of aromatic hydroxyl groups is 1. The molecule has 0 aliphatic carbocycles. The summed E-state index contributed by atoms with van der Waals surface area (Å²) < 4.78 is 34.5. The average molecular weight is 512 g/mol. The van der Waals surface area contributed by atoms with Crippen LogP contribution in [0.3, 0.4) is 0 Å². The topological polar surface area (TPSA) is 136 Å². The van der Waals surface area contributed by atoms with E-state index in [-0.39, 0.29) is 37.5 Å². The number of ether oxygens (including phenoxy) is 4. The van der Waals surface area contributed by atoms with Crippen molar-refractivity contribution in [2.24, 2.45) is 0 Å². The minimum Gasteiger partial charge on any atom is -0.506 e. The number of carbonyl (C=O) groups is 2. The summed E-state index contributed by atoms with van der Waals surface area (Å²) in [7, 11) is 1.43. The number of hydrogen-bond acceptors (Lipinski definition) is 8. The molecule has 3 aromatic rings. The molecule has 37 heavy (non-hydrogen) atoms. The number of carbonyl (C=O) groups excluding carboxylic acids is 2. The maximum absolute atomic E-state index is 13.2. The number of hydrogen-bond donors (Lipinski definition) is 3. The van der Waals surface area contributed by atoms with Crippen molar-refractivity contribution in [1.29, 1.82) is 0 Å². The zero-order valence-corrected chi connectivity index (χ0v) is 20.1. The van der Waals surface area contributed by atoms with E-state index in [1.54, 1.807) is 19.1 Å². The van der Waals surface area contributed by atoms with Crippen LogP contribution in [-0.2, 0) is 16.1 Å². The molecule has 11 heteroatoms. The van der Waals surface area contributed by atoms with Crippen LogP contribution in [0.1, 0.15) is 46.3 Å². The van der Waals surface area contributed by atoms with E-state index in [4.69, 9.17) is 18.9 Å². The van der Waals surface area contributed by atoms with E-state index in [1.165, 1.54) is 31.4 Å². The number of rotatable bonds is 9. The van der Waals surface area contributed by atoms with E-state index < -0.39 is 34.9 Å². The van der Waals surface area contributed by atoms with Gasteiger partial charge in [0.25, 0.3) is 5.56 Å². The van der Waals surface area contributed by atoms with Crippen molar-refractivity contribution < 1.29 is 38.0 Å². The molecule has 1 atom stereocenters. The molecule has 0 saturated heterocycles. The Kier molecular flexibility index (Phi) is 7.61. The van der Waals surface area contributed by atoms with Crippen LogP contribution in [0.4, 0.5) is 4.39 Å². The van der Waals surface area contributed by atoms with Gasteiger partial charge in [0, 0.05) is 25.1 Å². The molecule has 10 nitrogen and oxygen atoms in total. The molecule has 1 aliphatic rings. The number of methoxy groups -OCH3 is 1. The van der Waals surface area contributed by atoms with Crippen LogP contribution >= 0.6 is 0 Å². The van der Waals surface area contributed by atoms with Gasteiger partial charge < -0.3 is 34.4 Å². The highest BCUT2D eigenvalue weighted by Crippen LogP contribution is 2.45. The lowest BCUT2D eigenvalue weighted by molar-refractivity contribution is -0.121. The van der Waals surface area contributed by atoms with Gasteiger partial charge in [-0.15, -0.1) is 0 Å². The highest BCUT2D eigenvalue weighted by molar-refractivity contribution is 5.92. The fourth-order valence-electron chi connectivity index (χ4n) is 4.02. The van der Waals surface area contributed by atoms with Gasteiger partial charge in [0.2, 0.25) is 18.4 Å². The second kappa shape index (κ2) is 11.0. The Morgan fingerprint density at radius 1 is 1.22 bits per heavy atom. The number of benzene rings is 2. The Hall–Kier alpha value is -4.54. The molecule has 0 fully saturated rings. The van der Waals surface area contributed by atoms with E-state index >= 15 is 0 Å². The number of esters is 1. The quantitative estimate of drug-likeness (QED) is 0.373. The van der Waals surface area contributed by atoms with Crippen molar-refractivity contribution in [3.8, 4) is 23.0 Å². The van der Waals surface area contributed by atoms with Crippen LogP contribution in [0, 0.1) is 5.82 Å². The van der Waals surface area contributed by atoms with Crippen LogP contribution in [0.15, 0.2) is 47.4 Å². The molecule has 1 aliphatic heterocycles. The molecule has 0 bridgehead atoms. The maximum atomic E-state index is 13.2. The fraction of sp³-hybridized carbons (Fsp3) is 0.269.